The molecule has 1 amide bonds. The SMILES string of the molecule is COc1ccc(CNC(=O)CSc2nnc(C)n2-n2cccc2)cc1. The Morgan fingerprint density at radius 1 is 1.20 bits per heavy atom. The van der Waals surface area contributed by atoms with Gasteiger partial charge in [-0.25, -0.2) is 4.68 Å². The Hall–Kier alpha value is -2.74. The molecule has 0 atom stereocenters. The Morgan fingerprint density at radius 2 is 1.92 bits per heavy atom. The molecule has 2 aromatic heterocycles. The number of rotatable bonds is 7. The molecular weight excluding hydrogens is 338 g/mol. The summed E-state index contributed by atoms with van der Waals surface area (Å²) < 4.78 is 8.86. The summed E-state index contributed by atoms with van der Waals surface area (Å²) in [6, 6.07) is 11.5. The fourth-order valence-electron chi connectivity index (χ4n) is 2.28. The van der Waals surface area contributed by atoms with E-state index in [4.69, 9.17) is 4.74 Å². The maximum atomic E-state index is 12.1. The normalized spacial score (nSPS) is 10.6. The van der Waals surface area contributed by atoms with Crippen LogP contribution in [0.3, 0.4) is 0 Å². The Bertz CT molecular complexity index is 827. The van der Waals surface area contributed by atoms with Crippen molar-refractivity contribution in [1.29, 1.82) is 0 Å². The predicted octanol–water partition coefficient (Wildman–Crippen LogP) is 2.12. The average molecular weight is 357 g/mol. The van der Waals surface area contributed by atoms with E-state index in [-0.39, 0.29) is 11.7 Å². The number of carbonyl (C=O) groups excluding carboxylic acids is 1. The minimum absolute atomic E-state index is 0.0551. The van der Waals surface area contributed by atoms with Crippen molar-refractivity contribution in [1.82, 2.24) is 24.9 Å². The van der Waals surface area contributed by atoms with Gasteiger partial charge in [0.15, 0.2) is 5.82 Å². The van der Waals surface area contributed by atoms with Crippen LogP contribution in [-0.2, 0) is 11.3 Å². The number of benzene rings is 1. The van der Waals surface area contributed by atoms with Crippen LogP contribution in [0.4, 0.5) is 0 Å². The summed E-state index contributed by atoms with van der Waals surface area (Å²) in [4.78, 5) is 12.1. The lowest BCUT2D eigenvalue weighted by Gasteiger charge is -2.09. The van der Waals surface area contributed by atoms with Crippen molar-refractivity contribution in [2.24, 2.45) is 0 Å². The first kappa shape index (κ1) is 17.1. The lowest BCUT2D eigenvalue weighted by molar-refractivity contribution is -0.118. The average Bonchev–Trinajstić information content (AvgIpc) is 3.28. The summed E-state index contributed by atoms with van der Waals surface area (Å²) in [5.74, 6) is 1.78. The van der Waals surface area contributed by atoms with Crippen molar-refractivity contribution < 1.29 is 9.53 Å². The number of aromatic nitrogens is 4. The van der Waals surface area contributed by atoms with E-state index in [0.717, 1.165) is 17.1 Å². The number of hydrogen-bond acceptors (Lipinski definition) is 5. The van der Waals surface area contributed by atoms with Crippen molar-refractivity contribution in [2.75, 3.05) is 12.9 Å². The molecule has 0 aliphatic carbocycles. The van der Waals surface area contributed by atoms with Gasteiger partial charge in [-0.05, 0) is 36.8 Å². The highest BCUT2D eigenvalue weighted by molar-refractivity contribution is 7.99. The number of carbonyl (C=O) groups is 1. The van der Waals surface area contributed by atoms with Gasteiger partial charge in [0.05, 0.1) is 12.9 Å². The van der Waals surface area contributed by atoms with Crippen LogP contribution in [0.5, 0.6) is 5.75 Å². The Kier molecular flexibility index (Phi) is 5.39. The molecule has 2 heterocycles. The molecule has 3 aromatic rings. The van der Waals surface area contributed by atoms with Gasteiger partial charge in [-0.15, -0.1) is 10.2 Å². The molecule has 1 aromatic carbocycles. The first-order valence-corrected chi connectivity index (χ1v) is 8.74. The topological polar surface area (TPSA) is 74.0 Å². The highest BCUT2D eigenvalue weighted by atomic mass is 32.2. The van der Waals surface area contributed by atoms with E-state index in [1.807, 2.05) is 65.1 Å². The van der Waals surface area contributed by atoms with Crippen LogP contribution < -0.4 is 10.1 Å². The van der Waals surface area contributed by atoms with Gasteiger partial charge < -0.3 is 10.1 Å². The van der Waals surface area contributed by atoms with Crippen LogP contribution in [0.15, 0.2) is 53.9 Å². The van der Waals surface area contributed by atoms with Gasteiger partial charge in [-0.1, -0.05) is 23.9 Å². The standard InChI is InChI=1S/C17H19N5O2S/c1-13-19-20-17(22(13)21-9-3-4-10-21)25-12-16(23)18-11-14-5-7-15(24-2)8-6-14/h3-10H,11-12H2,1-2H3,(H,18,23). The molecule has 0 saturated heterocycles. The molecule has 3 rings (SSSR count). The number of thioether (sulfide) groups is 1. The van der Waals surface area contributed by atoms with Crippen LogP contribution >= 0.6 is 11.8 Å². The predicted molar refractivity (Wildman–Crippen MR) is 95.6 cm³/mol. The van der Waals surface area contributed by atoms with Crippen molar-refractivity contribution in [2.45, 2.75) is 18.6 Å². The summed E-state index contributed by atoms with van der Waals surface area (Å²) >= 11 is 1.35. The maximum absolute atomic E-state index is 12.1. The molecule has 130 valence electrons. The van der Waals surface area contributed by atoms with Gasteiger partial charge in [-0.2, -0.15) is 0 Å². The smallest absolute Gasteiger partial charge is 0.230 e. The van der Waals surface area contributed by atoms with E-state index < -0.39 is 0 Å². The van der Waals surface area contributed by atoms with E-state index in [1.54, 1.807) is 7.11 Å². The number of amides is 1. The third-order valence-electron chi connectivity index (χ3n) is 3.57. The van der Waals surface area contributed by atoms with Crippen molar-refractivity contribution >= 4 is 17.7 Å². The van der Waals surface area contributed by atoms with Gasteiger partial charge in [0, 0.05) is 18.9 Å². The number of methoxy groups -OCH3 is 1. The molecule has 0 fully saturated rings. The molecule has 8 heteroatoms. The quantitative estimate of drug-likeness (QED) is 0.656. The van der Waals surface area contributed by atoms with E-state index >= 15 is 0 Å². The first-order chi connectivity index (χ1) is 12.2. The van der Waals surface area contributed by atoms with Gasteiger partial charge >= 0.3 is 0 Å². The molecule has 0 aliphatic rings. The van der Waals surface area contributed by atoms with E-state index in [9.17, 15) is 4.79 Å². The Labute approximate surface area is 150 Å². The molecule has 0 bridgehead atoms. The fourth-order valence-corrected chi connectivity index (χ4v) is 3.09. The zero-order chi connectivity index (χ0) is 17.6. The van der Waals surface area contributed by atoms with Gasteiger partial charge in [-0.3, -0.25) is 9.47 Å². The van der Waals surface area contributed by atoms with E-state index in [1.165, 1.54) is 11.8 Å². The molecule has 0 aliphatic heterocycles. The van der Waals surface area contributed by atoms with Gasteiger partial charge in [0.2, 0.25) is 11.1 Å². The third-order valence-corrected chi connectivity index (χ3v) is 4.49. The van der Waals surface area contributed by atoms with Crippen LogP contribution in [0.1, 0.15) is 11.4 Å². The lowest BCUT2D eigenvalue weighted by atomic mass is 10.2. The van der Waals surface area contributed by atoms with Crippen LogP contribution in [0, 0.1) is 6.92 Å². The second kappa shape index (κ2) is 7.89. The van der Waals surface area contributed by atoms with Crippen molar-refractivity contribution in [3.8, 4) is 5.75 Å². The molecule has 0 spiro atoms. The van der Waals surface area contributed by atoms with Gasteiger partial charge in [0.1, 0.15) is 5.75 Å². The summed E-state index contributed by atoms with van der Waals surface area (Å²) in [5.41, 5.74) is 1.02. The molecular formula is C17H19N5O2S. The molecule has 1 N–H and O–H groups in total. The zero-order valence-corrected chi connectivity index (χ0v) is 14.9. The highest BCUT2D eigenvalue weighted by Gasteiger charge is 2.12. The summed E-state index contributed by atoms with van der Waals surface area (Å²) in [7, 11) is 1.63. The van der Waals surface area contributed by atoms with Crippen molar-refractivity contribution in [3.05, 3.63) is 60.2 Å². The minimum atomic E-state index is -0.0551. The Balaban J connectivity index is 1.54. The fraction of sp³-hybridized carbons (Fsp3) is 0.235. The second-order valence-electron chi connectivity index (χ2n) is 5.32. The number of nitrogens with one attached hydrogen (secondary N) is 1. The largest absolute Gasteiger partial charge is 0.497 e. The Morgan fingerprint density at radius 3 is 2.60 bits per heavy atom. The maximum Gasteiger partial charge on any atom is 0.230 e. The van der Waals surface area contributed by atoms with Crippen molar-refractivity contribution in [3.63, 3.8) is 0 Å². The lowest BCUT2D eigenvalue weighted by Crippen LogP contribution is -2.24. The summed E-state index contributed by atoms with van der Waals surface area (Å²) in [6.07, 6.45) is 3.81. The second-order valence-corrected chi connectivity index (χ2v) is 6.26. The number of hydrogen-bond donors (Lipinski definition) is 1. The molecule has 25 heavy (non-hydrogen) atoms. The van der Waals surface area contributed by atoms with Crippen LogP contribution in [-0.4, -0.2) is 38.3 Å². The highest BCUT2D eigenvalue weighted by Crippen LogP contribution is 2.17. The van der Waals surface area contributed by atoms with Gasteiger partial charge in [0.25, 0.3) is 0 Å². The minimum Gasteiger partial charge on any atom is -0.497 e. The molecule has 0 saturated carbocycles. The monoisotopic (exact) mass is 357 g/mol. The van der Waals surface area contributed by atoms with Crippen LogP contribution in [0.25, 0.3) is 0 Å². The third kappa shape index (κ3) is 4.21. The van der Waals surface area contributed by atoms with E-state index in [0.29, 0.717) is 11.7 Å². The zero-order valence-electron chi connectivity index (χ0n) is 14.0. The molecule has 0 radical (unpaired) electrons. The molecule has 0 unspecified atom stereocenters. The number of aryl methyl sites for hydroxylation is 1. The molecule has 7 nitrogen and oxygen atoms in total. The first-order valence-electron chi connectivity index (χ1n) is 7.75. The summed E-state index contributed by atoms with van der Waals surface area (Å²) in [6.45, 7) is 2.35. The summed E-state index contributed by atoms with van der Waals surface area (Å²) in [5, 5.41) is 11.8. The van der Waals surface area contributed by atoms with E-state index in [2.05, 4.69) is 15.5 Å². The van der Waals surface area contributed by atoms with Crippen LogP contribution in [0.2, 0.25) is 0 Å². The number of nitrogens with zero attached hydrogens (tertiary/aromatic N) is 4. The number of ether oxygens (including phenoxy) is 1.